The van der Waals surface area contributed by atoms with Crippen LogP contribution in [0.2, 0.25) is 0 Å². The summed E-state index contributed by atoms with van der Waals surface area (Å²) in [5, 5.41) is 104. The molecule has 7 aliphatic heterocycles. The molecule has 14 rings (SSSR count). The third-order valence-corrected chi connectivity index (χ3v) is 22.1. The number of carbonyl (C=O) groups is 4. The minimum Gasteiger partial charge on any atom is -0.486 e. The van der Waals surface area contributed by atoms with Crippen molar-refractivity contribution in [3.63, 3.8) is 0 Å². The summed E-state index contributed by atoms with van der Waals surface area (Å²) in [7, 11) is 0. The number of fused-ring (bicyclic) bond motifs is 12. The smallest absolute Gasteiger partial charge is 0.242 e. The van der Waals surface area contributed by atoms with Gasteiger partial charge in [0.2, 0.25) is 12.2 Å². The van der Waals surface area contributed by atoms with Crippen molar-refractivity contribution in [1.29, 1.82) is 0 Å². The highest BCUT2D eigenvalue weighted by Gasteiger charge is 2.65. The van der Waals surface area contributed by atoms with E-state index < -0.39 is 140 Å². The van der Waals surface area contributed by atoms with Crippen molar-refractivity contribution in [2.75, 3.05) is 51.1 Å². The van der Waals surface area contributed by atoms with Crippen LogP contribution in [-0.2, 0) is 36.8 Å². The number of hydrogen-bond acceptors (Lipinski definition) is 23. The summed E-state index contributed by atoms with van der Waals surface area (Å²) in [5.74, 6) is 0.185. The van der Waals surface area contributed by atoms with Gasteiger partial charge in [0, 0.05) is 83.4 Å². The largest absolute Gasteiger partial charge is 0.486 e. The third-order valence-electron chi connectivity index (χ3n) is 22.1. The number of aliphatic hydroxyl groups is 7. The molecule has 2 saturated carbocycles. The fourth-order valence-electron chi connectivity index (χ4n) is 17.1. The fourth-order valence-corrected chi connectivity index (χ4v) is 17.1. The normalized spacial score (nSPS) is 32.6. The van der Waals surface area contributed by atoms with E-state index >= 15 is 9.59 Å². The van der Waals surface area contributed by atoms with E-state index in [0.29, 0.717) is 77.9 Å². The van der Waals surface area contributed by atoms with Crippen LogP contribution in [0.3, 0.4) is 0 Å². The predicted molar refractivity (Wildman–Crippen MR) is 352 cm³/mol. The lowest BCUT2D eigenvalue weighted by molar-refractivity contribution is -0.336. The fraction of sp³-hybridized carbons (Fsp3) is 0.534. The van der Waals surface area contributed by atoms with Crippen LogP contribution in [0.15, 0.2) is 95.8 Å². The molecule has 24 heteroatoms. The van der Waals surface area contributed by atoms with E-state index in [9.17, 15) is 45.3 Å². The molecule has 1 spiro atoms. The Morgan fingerprint density at radius 1 is 0.907 bits per heavy atom. The van der Waals surface area contributed by atoms with Crippen LogP contribution in [0.5, 0.6) is 11.5 Å². The van der Waals surface area contributed by atoms with Gasteiger partial charge < -0.3 is 90.8 Å². The molecule has 10 aliphatic rings. The number of aldehydes is 1. The summed E-state index contributed by atoms with van der Waals surface area (Å²) in [6.45, 7) is -1.19. The van der Waals surface area contributed by atoms with Gasteiger partial charge in [0.15, 0.2) is 28.7 Å². The number of rotatable bonds is 14. The maximum atomic E-state index is 15.8. The highest BCUT2D eigenvalue weighted by atomic mass is 16.7. The van der Waals surface area contributed by atoms with Crippen LogP contribution in [0.1, 0.15) is 149 Å². The zero-order chi connectivity index (χ0) is 67.4. The standard InChI is InChI=1S/C73H88N8O16/c74-66-52(32-77-43-10-1-2-11-43)46(19-25-76-66)53-36-94-64-65(90)73(92)24-18-41(29-38-8-7-9-40(28-38)45(21-27-83)59(53)87)55(86)17-15-42-34-95-72(22-5-6-23-72)70(73)97-69(64)96-62-51(56(42)48-12-3-4-13-54(48)81-37-78-58-67(81)79-71(75)80-68(58)91)31-50-57(63(62)93-35-44(85)20-26-82)61(89)49-30-39(33-84)14-16-47(49)60(50)88/h3-4,7-9,12-14,16,19,26,28,30-31,41-45,53,55-56,58-59,64-65,67,69-71,76-79,83-87,90,92H,1-2,5-6,10-11,15,17,20-23,25,27,29,32-37,74-75H2,(H,80,91)/t41-,42+,44-,45-,53+,55+,56-,58+,59-,64+,65+,67+,69+,70+,71+,73-/m1/s1. The average molecular weight is 1330 g/mol. The number of dihydropyridines is 1. The van der Waals surface area contributed by atoms with Gasteiger partial charge in [-0.1, -0.05) is 92.1 Å². The summed E-state index contributed by atoms with van der Waals surface area (Å²) in [6, 6.07) is 20.7. The molecule has 3 aliphatic carbocycles. The van der Waals surface area contributed by atoms with Gasteiger partial charge >= 0.3 is 0 Å². The van der Waals surface area contributed by atoms with Crippen LogP contribution >= 0.6 is 0 Å². The summed E-state index contributed by atoms with van der Waals surface area (Å²) < 4.78 is 36.6. The van der Waals surface area contributed by atoms with Crippen molar-refractivity contribution in [2.24, 2.45) is 29.2 Å². The minimum absolute atomic E-state index is 0.0304. The molecule has 97 heavy (non-hydrogen) atoms. The molecule has 1 amide bonds. The Labute approximate surface area is 562 Å². The number of benzene rings is 4. The first-order valence-electron chi connectivity index (χ1n) is 34.4. The maximum absolute atomic E-state index is 15.8. The number of para-hydroxylation sites is 1. The molecule has 4 aromatic rings. The first-order valence-corrected chi connectivity index (χ1v) is 34.4. The second kappa shape index (κ2) is 27.9. The zero-order valence-corrected chi connectivity index (χ0v) is 54.1. The van der Waals surface area contributed by atoms with E-state index in [1.165, 1.54) is 12.1 Å². The molecule has 8 bridgehead atoms. The third kappa shape index (κ3) is 12.5. The number of ketones is 2. The van der Waals surface area contributed by atoms with Crippen LogP contribution < -0.4 is 52.4 Å². The molecular formula is C73H88N8O16. The van der Waals surface area contributed by atoms with E-state index in [2.05, 4.69) is 38.4 Å². The van der Waals surface area contributed by atoms with Gasteiger partial charge in [0.1, 0.15) is 55.5 Å². The van der Waals surface area contributed by atoms with Crippen molar-refractivity contribution >= 4 is 29.4 Å². The van der Waals surface area contributed by atoms with Crippen LogP contribution in [0.4, 0.5) is 5.69 Å². The number of nitrogens with zero attached hydrogens (tertiary/aromatic N) is 1. The van der Waals surface area contributed by atoms with Gasteiger partial charge in [-0.25, -0.2) is 0 Å². The van der Waals surface area contributed by atoms with Gasteiger partial charge in [-0.2, -0.15) is 0 Å². The molecule has 16 N–H and O–H groups in total. The molecule has 516 valence electrons. The van der Waals surface area contributed by atoms with Crippen LogP contribution in [-0.4, -0.2) is 184 Å². The minimum atomic E-state index is -2.58. The molecule has 7 heterocycles. The number of ether oxygens (including phenoxy) is 5. The Balaban J connectivity index is 1.04. The number of carbonyl (C=O) groups excluding carboxylic acids is 4. The number of anilines is 1. The Hall–Kier alpha value is -7.16. The molecular weight excluding hydrogens is 1240 g/mol. The average Bonchev–Trinajstić information content (AvgIpc) is 1.03. The van der Waals surface area contributed by atoms with Crippen molar-refractivity contribution < 1.29 is 78.6 Å². The molecule has 0 unspecified atom stereocenters. The van der Waals surface area contributed by atoms with Gasteiger partial charge in [-0.15, -0.1) is 0 Å². The summed E-state index contributed by atoms with van der Waals surface area (Å²) in [5.41, 5.74) is 13.4. The van der Waals surface area contributed by atoms with Crippen LogP contribution in [0.25, 0.3) is 0 Å². The van der Waals surface area contributed by atoms with Crippen molar-refractivity contribution in [2.45, 2.75) is 181 Å². The number of aliphatic hydroxyl groups excluding tert-OH is 6. The molecule has 24 nitrogen and oxygen atoms in total. The van der Waals surface area contributed by atoms with Crippen LogP contribution in [0, 0.1) is 29.6 Å². The number of hydrogen-bond donors (Lipinski definition) is 14. The summed E-state index contributed by atoms with van der Waals surface area (Å²) in [4.78, 5) is 59.3. The van der Waals surface area contributed by atoms with Crippen molar-refractivity contribution in [3.8, 4) is 23.3 Å². The summed E-state index contributed by atoms with van der Waals surface area (Å²) in [6.07, 6.45) is -4.51. The SMILES string of the molecule is NC1=C(CNC2CCCC2)C([C@@H]2CO[C@@H]3[C@H]4Oc5c(cc6c(c5OC[C@H](O)CC=O)C(=O)c5cc(CO)ccc5C6=O)[C@@H](c5ccccc5N5CN[C@@H]6C(=O)N[C@@H](N)N[C@H]65)[C@H]5CC[C@H](O)[C@H](C#C[C@@](O)([C@H]3O)[C@@H](O4)C3(CCCC3)OC5)Cc3cccc(c3)[C@@H](CCO)[C@H]2O)=CCN1. The van der Waals surface area contributed by atoms with Gasteiger partial charge in [-0.3, -0.25) is 30.8 Å². The molecule has 4 aromatic carbocycles. The number of nitrogens with one attached hydrogen (secondary N) is 5. The lowest BCUT2D eigenvalue weighted by atomic mass is 9.73. The Kier molecular flexibility index (Phi) is 19.3. The highest BCUT2D eigenvalue weighted by Crippen LogP contribution is 2.55. The van der Waals surface area contributed by atoms with E-state index in [0.717, 1.165) is 31.2 Å². The predicted octanol–water partition coefficient (Wildman–Crippen LogP) is 1.68. The zero-order valence-electron chi connectivity index (χ0n) is 54.1. The monoisotopic (exact) mass is 1330 g/mol. The topological polar surface area (TPSA) is 371 Å². The number of nitrogens with two attached hydrogens (primary N) is 2. The molecule has 3 saturated heterocycles. The Morgan fingerprint density at radius 3 is 2.52 bits per heavy atom. The summed E-state index contributed by atoms with van der Waals surface area (Å²) >= 11 is 0. The van der Waals surface area contributed by atoms with E-state index in [4.69, 9.17) is 35.2 Å². The second-order valence-corrected chi connectivity index (χ2v) is 27.9. The Bertz CT molecular complexity index is 3810. The molecule has 5 fully saturated rings. The van der Waals surface area contributed by atoms with Gasteiger partial charge in [-0.05, 0) is 109 Å². The highest BCUT2D eigenvalue weighted by molar-refractivity contribution is 6.29. The van der Waals surface area contributed by atoms with E-state index in [1.807, 2.05) is 59.5 Å². The first kappa shape index (κ1) is 67.0. The lowest BCUT2D eigenvalue weighted by Gasteiger charge is -2.53. The molecule has 0 aromatic heterocycles. The lowest BCUT2D eigenvalue weighted by Crippen LogP contribution is -2.72. The maximum Gasteiger partial charge on any atom is 0.242 e. The van der Waals surface area contributed by atoms with Gasteiger partial charge in [0.05, 0.1) is 61.9 Å². The first-order chi connectivity index (χ1) is 47.0. The molecule has 0 radical (unpaired) electrons. The van der Waals surface area contributed by atoms with E-state index in [-0.39, 0.29) is 103 Å². The van der Waals surface area contributed by atoms with Gasteiger partial charge in [0.25, 0.3) is 0 Å². The van der Waals surface area contributed by atoms with Crippen molar-refractivity contribution in [1.82, 2.24) is 26.6 Å². The van der Waals surface area contributed by atoms with Crippen molar-refractivity contribution in [3.05, 3.63) is 146 Å². The number of amides is 1. The quantitative estimate of drug-likeness (QED) is 0.0555. The molecule has 16 atom stereocenters. The Morgan fingerprint density at radius 2 is 1.72 bits per heavy atom. The second-order valence-electron chi connectivity index (χ2n) is 27.9. The van der Waals surface area contributed by atoms with E-state index in [1.54, 1.807) is 12.1 Å².